The minimum Gasteiger partial charge on any atom is -0.259 e. The van der Waals surface area contributed by atoms with Crippen LogP contribution in [0, 0.1) is 0 Å². The highest BCUT2D eigenvalue weighted by Gasteiger charge is 2.04. The van der Waals surface area contributed by atoms with Gasteiger partial charge in [-0.15, -0.1) is 11.6 Å². The van der Waals surface area contributed by atoms with E-state index in [4.69, 9.17) is 11.6 Å². The molecule has 0 saturated carbocycles. The standard InChI is InChI=1S/C14H9BrClN3/c15-14-3-1-2-11(19-14)12-5-4-9-8-17-10(7-16)6-13(9)18-12/h1-6,8H,7H2. The number of hydrogen-bond donors (Lipinski definition) is 0. The second kappa shape index (κ2) is 5.23. The Morgan fingerprint density at radius 2 is 1.89 bits per heavy atom. The van der Waals surface area contributed by atoms with Gasteiger partial charge in [-0.3, -0.25) is 4.98 Å². The van der Waals surface area contributed by atoms with Crippen LogP contribution in [-0.2, 0) is 5.88 Å². The number of halogens is 2. The summed E-state index contributed by atoms with van der Waals surface area (Å²) in [6.45, 7) is 0. The minimum absolute atomic E-state index is 0.386. The van der Waals surface area contributed by atoms with E-state index in [1.54, 1.807) is 6.20 Å². The highest BCUT2D eigenvalue weighted by atomic mass is 79.9. The number of alkyl halides is 1. The van der Waals surface area contributed by atoms with Gasteiger partial charge in [0.1, 0.15) is 4.60 Å². The van der Waals surface area contributed by atoms with Crippen LogP contribution in [0.15, 0.2) is 47.2 Å². The summed E-state index contributed by atoms with van der Waals surface area (Å²) in [6.07, 6.45) is 1.79. The van der Waals surface area contributed by atoms with Crippen LogP contribution in [0.5, 0.6) is 0 Å². The first-order valence-electron chi connectivity index (χ1n) is 5.71. The van der Waals surface area contributed by atoms with Gasteiger partial charge < -0.3 is 0 Å². The molecule has 0 aliphatic heterocycles. The van der Waals surface area contributed by atoms with Crippen molar-refractivity contribution in [2.75, 3.05) is 0 Å². The molecule has 0 N–H and O–H groups in total. The smallest absolute Gasteiger partial charge is 0.106 e. The Morgan fingerprint density at radius 3 is 2.68 bits per heavy atom. The van der Waals surface area contributed by atoms with Crippen molar-refractivity contribution in [1.82, 2.24) is 15.0 Å². The van der Waals surface area contributed by atoms with Crippen LogP contribution in [-0.4, -0.2) is 15.0 Å². The summed E-state index contributed by atoms with van der Waals surface area (Å²) in [5, 5.41) is 0.993. The Bertz CT molecular complexity index is 746. The molecule has 3 aromatic heterocycles. The zero-order valence-electron chi connectivity index (χ0n) is 9.85. The lowest BCUT2D eigenvalue weighted by Crippen LogP contribution is -1.91. The maximum Gasteiger partial charge on any atom is 0.106 e. The topological polar surface area (TPSA) is 38.7 Å². The molecule has 3 heterocycles. The first kappa shape index (κ1) is 12.5. The number of pyridine rings is 3. The molecule has 3 nitrogen and oxygen atoms in total. The molecule has 94 valence electrons. The highest BCUT2D eigenvalue weighted by Crippen LogP contribution is 2.21. The van der Waals surface area contributed by atoms with E-state index in [1.165, 1.54) is 0 Å². The number of aromatic nitrogens is 3. The summed E-state index contributed by atoms with van der Waals surface area (Å²) in [5.41, 5.74) is 3.37. The molecule has 5 heteroatoms. The zero-order valence-corrected chi connectivity index (χ0v) is 12.2. The van der Waals surface area contributed by atoms with Crippen molar-refractivity contribution in [3.8, 4) is 11.4 Å². The normalized spacial score (nSPS) is 10.8. The third kappa shape index (κ3) is 2.60. The lowest BCUT2D eigenvalue weighted by atomic mass is 10.2. The van der Waals surface area contributed by atoms with Gasteiger partial charge in [-0.05, 0) is 46.3 Å². The van der Waals surface area contributed by atoms with Gasteiger partial charge in [0.15, 0.2) is 0 Å². The predicted molar refractivity (Wildman–Crippen MR) is 80.0 cm³/mol. The summed E-state index contributed by atoms with van der Waals surface area (Å²) in [4.78, 5) is 13.3. The minimum atomic E-state index is 0.386. The van der Waals surface area contributed by atoms with E-state index in [0.29, 0.717) is 5.88 Å². The van der Waals surface area contributed by atoms with Crippen molar-refractivity contribution < 1.29 is 0 Å². The van der Waals surface area contributed by atoms with Crippen LogP contribution >= 0.6 is 27.5 Å². The van der Waals surface area contributed by atoms with Gasteiger partial charge in [-0.2, -0.15) is 0 Å². The SMILES string of the molecule is ClCc1cc2nc(-c3cccc(Br)n3)ccc2cn1. The van der Waals surface area contributed by atoms with Gasteiger partial charge in [0, 0.05) is 11.6 Å². The van der Waals surface area contributed by atoms with Crippen LogP contribution in [0.2, 0.25) is 0 Å². The van der Waals surface area contributed by atoms with E-state index < -0.39 is 0 Å². The molecule has 3 rings (SSSR count). The molecule has 0 bridgehead atoms. The van der Waals surface area contributed by atoms with Crippen molar-refractivity contribution in [2.45, 2.75) is 5.88 Å². The lowest BCUT2D eigenvalue weighted by molar-refractivity contribution is 1.18. The molecule has 0 amide bonds. The molecule has 0 unspecified atom stereocenters. The maximum atomic E-state index is 5.80. The number of hydrogen-bond acceptors (Lipinski definition) is 3. The van der Waals surface area contributed by atoms with Crippen LogP contribution in [0.1, 0.15) is 5.69 Å². The van der Waals surface area contributed by atoms with Crippen LogP contribution in [0.25, 0.3) is 22.3 Å². The van der Waals surface area contributed by atoms with Gasteiger partial charge in [0.25, 0.3) is 0 Å². The van der Waals surface area contributed by atoms with Gasteiger partial charge >= 0.3 is 0 Å². The average Bonchev–Trinajstić information content (AvgIpc) is 2.46. The van der Waals surface area contributed by atoms with Crippen LogP contribution < -0.4 is 0 Å². The Morgan fingerprint density at radius 1 is 1.05 bits per heavy atom. The van der Waals surface area contributed by atoms with Crippen LogP contribution in [0.4, 0.5) is 0 Å². The molecule has 3 aromatic rings. The largest absolute Gasteiger partial charge is 0.259 e. The van der Waals surface area contributed by atoms with E-state index >= 15 is 0 Å². The van der Waals surface area contributed by atoms with Gasteiger partial charge in [-0.25, -0.2) is 9.97 Å². The van der Waals surface area contributed by atoms with E-state index in [1.807, 2.05) is 36.4 Å². The number of rotatable bonds is 2. The quantitative estimate of drug-likeness (QED) is 0.521. The fraction of sp³-hybridized carbons (Fsp3) is 0.0714. The summed E-state index contributed by atoms with van der Waals surface area (Å²) in [7, 11) is 0. The van der Waals surface area contributed by atoms with Gasteiger partial charge in [0.05, 0.1) is 28.5 Å². The zero-order chi connectivity index (χ0) is 13.2. The van der Waals surface area contributed by atoms with Crippen LogP contribution in [0.3, 0.4) is 0 Å². The highest BCUT2D eigenvalue weighted by molar-refractivity contribution is 9.10. The Kier molecular flexibility index (Phi) is 3.44. The van der Waals surface area contributed by atoms with Crippen molar-refractivity contribution in [2.24, 2.45) is 0 Å². The molecule has 0 fully saturated rings. The Hall–Kier alpha value is -1.52. The maximum absolute atomic E-state index is 5.80. The summed E-state index contributed by atoms with van der Waals surface area (Å²) in [6, 6.07) is 11.6. The van der Waals surface area contributed by atoms with Crippen molar-refractivity contribution in [1.29, 1.82) is 0 Å². The molecule has 0 aromatic carbocycles. The first-order chi connectivity index (χ1) is 9.26. The molecular weight excluding hydrogens is 326 g/mol. The van der Waals surface area contributed by atoms with Gasteiger partial charge in [0.2, 0.25) is 0 Å². The molecule has 0 atom stereocenters. The predicted octanol–water partition coefficient (Wildman–Crippen LogP) is 4.19. The fourth-order valence-electron chi connectivity index (χ4n) is 1.82. The number of nitrogens with zero attached hydrogens (tertiary/aromatic N) is 3. The Balaban J connectivity index is 2.15. The van der Waals surface area contributed by atoms with Crippen molar-refractivity contribution in [3.63, 3.8) is 0 Å². The first-order valence-corrected chi connectivity index (χ1v) is 7.03. The van der Waals surface area contributed by atoms with Crippen molar-refractivity contribution >= 4 is 38.4 Å². The third-order valence-corrected chi connectivity index (χ3v) is 3.46. The summed E-state index contributed by atoms with van der Waals surface area (Å²) in [5.74, 6) is 0.386. The molecule has 0 aliphatic rings. The second-order valence-electron chi connectivity index (χ2n) is 4.04. The average molecular weight is 335 g/mol. The number of fused-ring (bicyclic) bond motifs is 1. The lowest BCUT2D eigenvalue weighted by Gasteiger charge is -2.04. The van der Waals surface area contributed by atoms with E-state index in [9.17, 15) is 0 Å². The summed E-state index contributed by atoms with van der Waals surface area (Å²) >= 11 is 9.16. The fourth-order valence-corrected chi connectivity index (χ4v) is 2.31. The molecule has 0 spiro atoms. The molecule has 0 saturated heterocycles. The van der Waals surface area contributed by atoms with Crippen molar-refractivity contribution in [3.05, 3.63) is 52.9 Å². The monoisotopic (exact) mass is 333 g/mol. The molecule has 0 aliphatic carbocycles. The second-order valence-corrected chi connectivity index (χ2v) is 5.12. The van der Waals surface area contributed by atoms with E-state index in [0.717, 1.165) is 32.6 Å². The Labute approximate surface area is 123 Å². The van der Waals surface area contributed by atoms with E-state index in [2.05, 4.69) is 30.9 Å². The molecule has 0 radical (unpaired) electrons. The molecular formula is C14H9BrClN3. The van der Waals surface area contributed by atoms with Gasteiger partial charge in [-0.1, -0.05) is 6.07 Å². The van der Waals surface area contributed by atoms with E-state index in [-0.39, 0.29) is 0 Å². The third-order valence-electron chi connectivity index (χ3n) is 2.74. The summed E-state index contributed by atoms with van der Waals surface area (Å²) < 4.78 is 0.795. The molecule has 19 heavy (non-hydrogen) atoms.